The van der Waals surface area contributed by atoms with Crippen LogP contribution < -0.4 is 0 Å². The van der Waals surface area contributed by atoms with Crippen LogP contribution in [-0.4, -0.2) is 56.9 Å². The van der Waals surface area contributed by atoms with Crippen molar-refractivity contribution in [2.45, 2.75) is 32.1 Å². The Morgan fingerprint density at radius 3 is 2.30 bits per heavy atom. The average Bonchev–Trinajstić information content (AvgIpc) is 2.91. The Kier molecular flexibility index (Phi) is 4.36. The van der Waals surface area contributed by atoms with E-state index in [4.69, 9.17) is 0 Å². The van der Waals surface area contributed by atoms with Gasteiger partial charge in [0.05, 0.1) is 19.3 Å². The highest BCUT2D eigenvalue weighted by molar-refractivity contribution is 7.92. The van der Waals surface area contributed by atoms with E-state index in [1.54, 1.807) is 4.90 Å². The van der Waals surface area contributed by atoms with Crippen LogP contribution in [0.1, 0.15) is 32.1 Å². The Bertz CT molecular complexity index is 489. The highest BCUT2D eigenvalue weighted by atomic mass is 32.2. The lowest BCUT2D eigenvalue weighted by atomic mass is 10.1. The van der Waals surface area contributed by atoms with Crippen LogP contribution in [0.4, 0.5) is 0 Å². The van der Waals surface area contributed by atoms with Crippen LogP contribution in [0, 0.1) is 5.41 Å². The van der Waals surface area contributed by atoms with Crippen molar-refractivity contribution >= 4 is 21.7 Å². The van der Waals surface area contributed by atoms with Crippen molar-refractivity contribution in [3.8, 4) is 0 Å². The Labute approximate surface area is 119 Å². The van der Waals surface area contributed by atoms with E-state index in [1.165, 1.54) is 7.11 Å². The summed E-state index contributed by atoms with van der Waals surface area (Å²) in [6.45, 7) is 1.31. The van der Waals surface area contributed by atoms with Crippen molar-refractivity contribution in [3.05, 3.63) is 0 Å². The van der Waals surface area contributed by atoms with Gasteiger partial charge in [-0.15, -0.1) is 0 Å². The highest BCUT2D eigenvalue weighted by Crippen LogP contribution is 2.50. The number of hydrogen-bond donors (Lipinski definition) is 0. The van der Waals surface area contributed by atoms with Gasteiger partial charge in [0.25, 0.3) is 0 Å². The predicted octanol–water partition coefficient (Wildman–Crippen LogP) is 0.367. The molecule has 0 aromatic rings. The molecule has 2 aliphatic rings. The summed E-state index contributed by atoms with van der Waals surface area (Å²) in [6.07, 6.45) is 3.43. The Morgan fingerprint density at radius 1 is 1.20 bits per heavy atom. The third kappa shape index (κ3) is 3.94. The van der Waals surface area contributed by atoms with Crippen molar-refractivity contribution in [3.63, 3.8) is 0 Å². The maximum absolute atomic E-state index is 12.1. The second-order valence-corrected chi connectivity index (χ2v) is 7.94. The zero-order chi connectivity index (χ0) is 14.8. The van der Waals surface area contributed by atoms with Crippen molar-refractivity contribution in [2.24, 2.45) is 5.41 Å². The van der Waals surface area contributed by atoms with Gasteiger partial charge in [-0.2, -0.15) is 0 Å². The van der Waals surface area contributed by atoms with Gasteiger partial charge in [-0.1, -0.05) is 0 Å². The SMILES string of the molecule is COC(=O)CC1(CS(=O)(=O)CC(=O)N2CCCC2)CC1. The molecule has 7 heteroatoms. The lowest BCUT2D eigenvalue weighted by Crippen LogP contribution is -2.35. The quantitative estimate of drug-likeness (QED) is 0.662. The molecule has 2 fully saturated rings. The van der Waals surface area contributed by atoms with E-state index < -0.39 is 21.0 Å². The minimum absolute atomic E-state index is 0.0886. The molecule has 1 aliphatic heterocycles. The topological polar surface area (TPSA) is 80.8 Å². The highest BCUT2D eigenvalue weighted by Gasteiger charge is 2.48. The third-order valence-electron chi connectivity index (χ3n) is 4.03. The van der Waals surface area contributed by atoms with Gasteiger partial charge in [0.1, 0.15) is 5.75 Å². The minimum Gasteiger partial charge on any atom is -0.469 e. The number of hydrogen-bond acceptors (Lipinski definition) is 5. The summed E-state index contributed by atoms with van der Waals surface area (Å²) in [5, 5.41) is 0. The summed E-state index contributed by atoms with van der Waals surface area (Å²) < 4.78 is 28.8. The molecule has 0 aromatic carbocycles. The van der Waals surface area contributed by atoms with Crippen LogP contribution in [0.2, 0.25) is 0 Å². The lowest BCUT2D eigenvalue weighted by molar-refractivity contribution is -0.141. The smallest absolute Gasteiger partial charge is 0.306 e. The van der Waals surface area contributed by atoms with Crippen LogP contribution >= 0.6 is 0 Å². The average molecular weight is 303 g/mol. The molecule has 2 rings (SSSR count). The van der Waals surface area contributed by atoms with E-state index in [0.717, 1.165) is 12.8 Å². The molecular formula is C13H21NO5S. The van der Waals surface area contributed by atoms with Crippen molar-refractivity contribution in [1.29, 1.82) is 0 Å². The molecule has 0 aromatic heterocycles. The minimum atomic E-state index is -3.47. The molecule has 0 bridgehead atoms. The Morgan fingerprint density at radius 2 is 1.80 bits per heavy atom. The Balaban J connectivity index is 1.90. The summed E-state index contributed by atoms with van der Waals surface area (Å²) in [4.78, 5) is 24.8. The molecular weight excluding hydrogens is 282 g/mol. The zero-order valence-corrected chi connectivity index (χ0v) is 12.6. The number of carbonyl (C=O) groups excluding carboxylic acids is 2. The number of sulfone groups is 1. The van der Waals surface area contributed by atoms with E-state index in [9.17, 15) is 18.0 Å². The van der Waals surface area contributed by atoms with Crippen LogP contribution in [0.25, 0.3) is 0 Å². The van der Waals surface area contributed by atoms with E-state index in [2.05, 4.69) is 4.74 Å². The second-order valence-electron chi connectivity index (χ2n) is 5.87. The maximum atomic E-state index is 12.1. The molecule has 1 aliphatic carbocycles. The maximum Gasteiger partial charge on any atom is 0.306 e. The fraction of sp³-hybridized carbons (Fsp3) is 0.846. The van der Waals surface area contributed by atoms with E-state index >= 15 is 0 Å². The normalized spacial score (nSPS) is 20.8. The molecule has 0 atom stereocenters. The molecule has 20 heavy (non-hydrogen) atoms. The van der Waals surface area contributed by atoms with Gasteiger partial charge < -0.3 is 9.64 Å². The fourth-order valence-corrected chi connectivity index (χ4v) is 4.68. The molecule has 1 amide bonds. The number of carbonyl (C=O) groups is 2. The van der Waals surface area contributed by atoms with E-state index in [0.29, 0.717) is 25.9 Å². The molecule has 114 valence electrons. The van der Waals surface area contributed by atoms with E-state index in [1.807, 2.05) is 0 Å². The number of methoxy groups -OCH3 is 1. The fourth-order valence-electron chi connectivity index (χ4n) is 2.69. The molecule has 0 radical (unpaired) electrons. The third-order valence-corrected chi connectivity index (χ3v) is 5.77. The van der Waals surface area contributed by atoms with Crippen molar-refractivity contribution in [2.75, 3.05) is 31.7 Å². The van der Waals surface area contributed by atoms with Gasteiger partial charge in [-0.05, 0) is 31.1 Å². The predicted molar refractivity (Wildman–Crippen MR) is 72.8 cm³/mol. The van der Waals surface area contributed by atoms with E-state index in [-0.39, 0.29) is 24.1 Å². The number of esters is 1. The molecule has 1 saturated carbocycles. The largest absolute Gasteiger partial charge is 0.469 e. The molecule has 0 N–H and O–H groups in total. The first-order valence-corrected chi connectivity index (χ1v) is 8.73. The number of amides is 1. The number of rotatable bonds is 6. The van der Waals surface area contributed by atoms with Gasteiger partial charge in [0.15, 0.2) is 9.84 Å². The molecule has 1 saturated heterocycles. The molecule has 6 nitrogen and oxygen atoms in total. The summed E-state index contributed by atoms with van der Waals surface area (Å²) in [7, 11) is -2.17. The standard InChI is InChI=1S/C13H21NO5S/c1-19-12(16)8-13(4-5-13)10-20(17,18)9-11(15)14-6-2-3-7-14/h2-10H2,1H3. The van der Waals surface area contributed by atoms with Gasteiger partial charge in [-0.25, -0.2) is 8.42 Å². The van der Waals surface area contributed by atoms with Crippen LogP contribution in [0.3, 0.4) is 0 Å². The molecule has 1 heterocycles. The first-order chi connectivity index (χ1) is 9.36. The number of likely N-dealkylation sites (tertiary alicyclic amines) is 1. The van der Waals surface area contributed by atoms with Gasteiger partial charge >= 0.3 is 5.97 Å². The molecule has 0 unspecified atom stereocenters. The molecule has 0 spiro atoms. The second kappa shape index (κ2) is 5.71. The van der Waals surface area contributed by atoms with Crippen molar-refractivity contribution < 1.29 is 22.7 Å². The summed E-state index contributed by atoms with van der Waals surface area (Å²) in [5.41, 5.74) is -0.489. The summed E-state index contributed by atoms with van der Waals surface area (Å²) in [5.74, 6) is -1.22. The number of nitrogens with zero attached hydrogens (tertiary/aromatic N) is 1. The summed E-state index contributed by atoms with van der Waals surface area (Å²) in [6, 6.07) is 0. The zero-order valence-electron chi connectivity index (χ0n) is 11.8. The van der Waals surface area contributed by atoms with Crippen molar-refractivity contribution in [1.82, 2.24) is 4.90 Å². The first-order valence-electron chi connectivity index (χ1n) is 6.91. The lowest BCUT2D eigenvalue weighted by Gasteiger charge is -2.17. The van der Waals surface area contributed by atoms with Gasteiger partial charge in [-0.3, -0.25) is 9.59 Å². The monoisotopic (exact) mass is 303 g/mol. The van der Waals surface area contributed by atoms with Gasteiger partial charge in [0.2, 0.25) is 5.91 Å². The summed E-state index contributed by atoms with van der Waals surface area (Å²) >= 11 is 0. The van der Waals surface area contributed by atoms with Crippen LogP contribution in [0.5, 0.6) is 0 Å². The van der Waals surface area contributed by atoms with Crippen LogP contribution in [-0.2, 0) is 24.2 Å². The first kappa shape index (κ1) is 15.3. The van der Waals surface area contributed by atoms with Gasteiger partial charge in [0, 0.05) is 13.1 Å². The Hall–Kier alpha value is -1.11. The number of ether oxygens (including phenoxy) is 1. The van der Waals surface area contributed by atoms with Crippen LogP contribution in [0.15, 0.2) is 0 Å².